The quantitative estimate of drug-likeness (QED) is 0.346. The maximum absolute atomic E-state index is 12.9. The number of methoxy groups -OCH3 is 1. The molecule has 2 atom stereocenters. The summed E-state index contributed by atoms with van der Waals surface area (Å²) in [6, 6.07) is 9.92. The van der Waals surface area contributed by atoms with E-state index in [0.717, 1.165) is 22.6 Å². The Hall–Kier alpha value is -3.15. The number of nitrogens with zero attached hydrogens (tertiary/aromatic N) is 1. The second-order valence-electron chi connectivity index (χ2n) is 7.48. The lowest BCUT2D eigenvalue weighted by atomic mass is 9.92. The molecule has 11 heteroatoms. The second kappa shape index (κ2) is 9.38. The van der Waals surface area contributed by atoms with Gasteiger partial charge in [-0.2, -0.15) is 13.2 Å². The average Bonchev–Trinajstić information content (AvgIpc) is 3.40. The third-order valence-corrected chi connectivity index (χ3v) is 6.23. The Balaban J connectivity index is 1.43. The number of H-pyrrole nitrogens is 1. The van der Waals surface area contributed by atoms with Crippen molar-refractivity contribution in [3.63, 3.8) is 0 Å². The van der Waals surface area contributed by atoms with Crippen LogP contribution in [0, 0.1) is 0 Å². The number of oxazole rings is 1. The monoisotopic (exact) mass is 478 g/mol. The summed E-state index contributed by atoms with van der Waals surface area (Å²) in [6.45, 7) is 0.604. The number of rotatable bonds is 8. The number of anilines is 1. The Labute approximate surface area is 190 Å². The summed E-state index contributed by atoms with van der Waals surface area (Å²) in [5, 5.41) is 3.83. The fraction of sp³-hybridized carbons (Fsp3) is 0.273. The Kier molecular flexibility index (Phi) is 6.54. The average molecular weight is 478 g/mol. The Morgan fingerprint density at radius 2 is 2.00 bits per heavy atom. The summed E-state index contributed by atoms with van der Waals surface area (Å²) in [6.07, 6.45) is -2.69. The topological polar surface area (TPSA) is 106 Å². The van der Waals surface area contributed by atoms with Crippen molar-refractivity contribution >= 4 is 27.6 Å². The van der Waals surface area contributed by atoms with Crippen LogP contribution >= 0.6 is 11.3 Å². The fourth-order valence-corrected chi connectivity index (χ4v) is 4.32. The molecule has 7 nitrogen and oxygen atoms in total. The van der Waals surface area contributed by atoms with Crippen LogP contribution in [0.3, 0.4) is 0 Å². The van der Waals surface area contributed by atoms with Gasteiger partial charge in [-0.25, -0.2) is 9.78 Å². The minimum Gasteiger partial charge on any atom is -0.408 e. The maximum Gasteiger partial charge on any atom is 0.417 e. The second-order valence-corrected chi connectivity index (χ2v) is 8.51. The first-order chi connectivity index (χ1) is 15.7. The van der Waals surface area contributed by atoms with E-state index in [2.05, 4.69) is 15.3 Å². The van der Waals surface area contributed by atoms with E-state index < -0.39 is 23.5 Å². The number of thiazole rings is 1. The maximum atomic E-state index is 12.9. The summed E-state index contributed by atoms with van der Waals surface area (Å²) in [5.41, 5.74) is 8.24. The van der Waals surface area contributed by atoms with Crippen molar-refractivity contribution in [1.82, 2.24) is 9.97 Å². The number of ether oxygens (including phenoxy) is 1. The van der Waals surface area contributed by atoms with Gasteiger partial charge in [0, 0.05) is 31.8 Å². The predicted octanol–water partition coefficient (Wildman–Crippen LogP) is 4.43. The number of hydrogen-bond donors (Lipinski definition) is 3. The van der Waals surface area contributed by atoms with Gasteiger partial charge >= 0.3 is 11.9 Å². The lowest BCUT2D eigenvalue weighted by molar-refractivity contribution is -0.137. The van der Waals surface area contributed by atoms with Crippen molar-refractivity contribution in [2.75, 3.05) is 25.6 Å². The number of fused-ring (bicyclic) bond motifs is 1. The zero-order valence-corrected chi connectivity index (χ0v) is 18.3. The Morgan fingerprint density at radius 3 is 2.70 bits per heavy atom. The van der Waals surface area contributed by atoms with E-state index in [0.29, 0.717) is 28.3 Å². The lowest BCUT2D eigenvalue weighted by Gasteiger charge is -2.24. The standard InChI is InChI=1S/C22H21F3N4O3S/c1-31-11-15(12-2-5-14(6-3-12)22(23,24)25)16(26)9-27-20-28-10-19(33-20)13-4-7-17-18(8-13)32-21(30)29-17/h2-8,10,15-16H,9,11,26H2,1H3,(H,27,28)(H,29,30)/t15-,16+/m0/s1. The van der Waals surface area contributed by atoms with E-state index in [-0.39, 0.29) is 12.5 Å². The van der Waals surface area contributed by atoms with Gasteiger partial charge in [0.25, 0.3) is 0 Å². The molecule has 0 unspecified atom stereocenters. The van der Waals surface area contributed by atoms with E-state index in [4.69, 9.17) is 14.9 Å². The first-order valence-corrected chi connectivity index (χ1v) is 10.8. The summed E-state index contributed by atoms with van der Waals surface area (Å²) < 4.78 is 48.9. The zero-order chi connectivity index (χ0) is 23.6. The van der Waals surface area contributed by atoms with Gasteiger partial charge in [0.2, 0.25) is 0 Å². The lowest BCUT2D eigenvalue weighted by Crippen LogP contribution is -2.37. The number of nitrogens with one attached hydrogen (secondary N) is 2. The Morgan fingerprint density at radius 1 is 1.24 bits per heavy atom. The smallest absolute Gasteiger partial charge is 0.408 e. The van der Waals surface area contributed by atoms with Crippen LogP contribution < -0.4 is 16.8 Å². The molecular weight excluding hydrogens is 457 g/mol. The molecule has 33 heavy (non-hydrogen) atoms. The number of aromatic nitrogens is 2. The minimum absolute atomic E-state index is 0.263. The van der Waals surface area contributed by atoms with Crippen molar-refractivity contribution < 1.29 is 22.3 Å². The highest BCUT2D eigenvalue weighted by Gasteiger charge is 2.30. The number of alkyl halides is 3. The molecule has 0 aliphatic carbocycles. The van der Waals surface area contributed by atoms with Crippen LogP contribution in [0.2, 0.25) is 0 Å². The van der Waals surface area contributed by atoms with Crippen molar-refractivity contribution in [2.24, 2.45) is 5.73 Å². The van der Waals surface area contributed by atoms with Gasteiger partial charge in [0.1, 0.15) is 0 Å². The molecule has 2 heterocycles. The number of benzene rings is 2. The van der Waals surface area contributed by atoms with Crippen molar-refractivity contribution in [3.05, 3.63) is 70.3 Å². The summed E-state index contributed by atoms with van der Waals surface area (Å²) >= 11 is 1.40. The molecule has 4 N–H and O–H groups in total. The predicted molar refractivity (Wildman–Crippen MR) is 120 cm³/mol. The van der Waals surface area contributed by atoms with Crippen LogP contribution in [-0.2, 0) is 10.9 Å². The summed E-state index contributed by atoms with van der Waals surface area (Å²) in [5.74, 6) is -0.815. The van der Waals surface area contributed by atoms with Crippen LogP contribution in [0.25, 0.3) is 21.5 Å². The highest BCUT2D eigenvalue weighted by atomic mass is 32.1. The third-order valence-electron chi connectivity index (χ3n) is 5.23. The molecule has 174 valence electrons. The molecule has 0 spiro atoms. The molecule has 4 aromatic rings. The van der Waals surface area contributed by atoms with Gasteiger partial charge in [-0.1, -0.05) is 29.5 Å². The molecular formula is C22H21F3N4O3S. The van der Waals surface area contributed by atoms with Crippen LogP contribution in [0.5, 0.6) is 0 Å². The number of nitrogens with two attached hydrogens (primary N) is 1. The number of hydrogen-bond acceptors (Lipinski definition) is 7. The molecule has 0 amide bonds. The molecule has 2 aromatic heterocycles. The van der Waals surface area contributed by atoms with E-state index in [1.54, 1.807) is 18.3 Å². The summed E-state index contributed by atoms with van der Waals surface area (Å²) in [4.78, 5) is 19.2. The van der Waals surface area contributed by atoms with E-state index in [1.165, 1.54) is 30.6 Å². The zero-order valence-electron chi connectivity index (χ0n) is 17.5. The van der Waals surface area contributed by atoms with Gasteiger partial charge < -0.3 is 20.2 Å². The molecule has 0 saturated carbocycles. The van der Waals surface area contributed by atoms with Gasteiger partial charge in [0.05, 0.1) is 22.6 Å². The SMILES string of the molecule is COC[C@@H](c1ccc(C(F)(F)F)cc1)[C@H](N)CNc1ncc(-c2ccc3[nH]c(=O)oc3c2)s1. The van der Waals surface area contributed by atoms with Crippen molar-refractivity contribution in [2.45, 2.75) is 18.1 Å². The molecule has 0 fully saturated rings. The highest BCUT2D eigenvalue weighted by molar-refractivity contribution is 7.18. The van der Waals surface area contributed by atoms with Crippen LogP contribution in [0.15, 0.2) is 57.9 Å². The van der Waals surface area contributed by atoms with E-state index in [9.17, 15) is 18.0 Å². The molecule has 2 aromatic carbocycles. The minimum atomic E-state index is -4.39. The molecule has 0 bridgehead atoms. The molecule has 0 aliphatic heterocycles. The molecule has 4 rings (SSSR count). The molecule has 0 radical (unpaired) electrons. The molecule has 0 saturated heterocycles. The van der Waals surface area contributed by atoms with E-state index in [1.807, 2.05) is 6.07 Å². The van der Waals surface area contributed by atoms with Crippen molar-refractivity contribution in [3.8, 4) is 10.4 Å². The van der Waals surface area contributed by atoms with Gasteiger partial charge in [-0.15, -0.1) is 0 Å². The summed E-state index contributed by atoms with van der Waals surface area (Å²) in [7, 11) is 1.52. The van der Waals surface area contributed by atoms with Crippen LogP contribution in [0.4, 0.5) is 18.3 Å². The first-order valence-electron chi connectivity index (χ1n) is 9.99. The van der Waals surface area contributed by atoms with Gasteiger partial charge in [-0.3, -0.25) is 4.98 Å². The fourth-order valence-electron chi connectivity index (χ4n) is 3.50. The number of aromatic amines is 1. The van der Waals surface area contributed by atoms with Gasteiger partial charge in [0.15, 0.2) is 10.7 Å². The normalized spacial score (nSPS) is 13.8. The van der Waals surface area contributed by atoms with Gasteiger partial charge in [-0.05, 0) is 35.4 Å². The van der Waals surface area contributed by atoms with Crippen molar-refractivity contribution in [1.29, 1.82) is 0 Å². The Bertz CT molecular complexity index is 1280. The first kappa shape index (κ1) is 23.0. The van der Waals surface area contributed by atoms with Crippen LogP contribution in [-0.4, -0.2) is 36.3 Å². The number of halogens is 3. The molecule has 0 aliphatic rings. The highest BCUT2D eigenvalue weighted by Crippen LogP contribution is 2.32. The largest absolute Gasteiger partial charge is 0.417 e. The van der Waals surface area contributed by atoms with E-state index >= 15 is 0 Å². The van der Waals surface area contributed by atoms with Crippen LogP contribution in [0.1, 0.15) is 17.0 Å². The third kappa shape index (κ3) is 5.27.